The predicted octanol–water partition coefficient (Wildman–Crippen LogP) is 6.09. The number of rotatable bonds is 8. The Morgan fingerprint density at radius 2 is 1.77 bits per heavy atom. The van der Waals surface area contributed by atoms with Crippen molar-refractivity contribution < 1.29 is 13.3 Å². The van der Waals surface area contributed by atoms with Crippen molar-refractivity contribution in [1.82, 2.24) is 9.97 Å². The molecule has 3 heterocycles. The fraction of sp³-hybridized carbons (Fsp3) is 0.312. The summed E-state index contributed by atoms with van der Waals surface area (Å²) in [4.78, 5) is 12.5. The van der Waals surface area contributed by atoms with Crippen LogP contribution in [-0.4, -0.2) is 39.6 Å². The lowest BCUT2D eigenvalue weighted by atomic mass is 9.73. The molecule has 1 atom stereocenters. The van der Waals surface area contributed by atoms with Crippen LogP contribution in [0.3, 0.4) is 0 Å². The Kier molecular flexibility index (Phi) is 7.63. The number of hydrogen-bond acceptors (Lipinski definition) is 6. The fourth-order valence-electron chi connectivity index (χ4n) is 5.61. The van der Waals surface area contributed by atoms with Gasteiger partial charge in [-0.3, -0.25) is 4.21 Å². The van der Waals surface area contributed by atoms with E-state index in [-0.39, 0.29) is 11.2 Å². The summed E-state index contributed by atoms with van der Waals surface area (Å²) in [5, 5.41) is 3.22. The molecule has 40 heavy (non-hydrogen) atoms. The van der Waals surface area contributed by atoms with Gasteiger partial charge in [-0.1, -0.05) is 66.2 Å². The summed E-state index contributed by atoms with van der Waals surface area (Å²) in [5.74, 6) is 1.32. The molecule has 0 spiro atoms. The molecule has 6 nitrogen and oxygen atoms in total. The smallest absolute Gasteiger partial charge is 0.227 e. The third-order valence-electron chi connectivity index (χ3n) is 7.92. The Balaban J connectivity index is 1.24. The number of nitrogens with one attached hydrogen (secondary N) is 1. The summed E-state index contributed by atoms with van der Waals surface area (Å²) in [6, 6.07) is 25.3. The minimum Gasteiger partial charge on any atom is -0.376 e. The second-order valence-electron chi connectivity index (χ2n) is 10.7. The molecule has 0 aliphatic carbocycles. The highest BCUT2D eigenvalue weighted by molar-refractivity contribution is 7.85. The van der Waals surface area contributed by atoms with Gasteiger partial charge in [-0.15, -0.1) is 0 Å². The van der Waals surface area contributed by atoms with Gasteiger partial charge in [0.2, 0.25) is 5.95 Å². The van der Waals surface area contributed by atoms with Crippen LogP contribution in [0.1, 0.15) is 35.2 Å². The monoisotopic (exact) mass is 556 g/mol. The quantitative estimate of drug-likeness (QED) is 0.284. The molecule has 1 unspecified atom stereocenters. The zero-order valence-electron chi connectivity index (χ0n) is 22.6. The zero-order valence-corrected chi connectivity index (χ0v) is 23.4. The number of anilines is 3. The lowest BCUT2D eigenvalue weighted by molar-refractivity contribution is 0.0591. The van der Waals surface area contributed by atoms with Crippen molar-refractivity contribution in [2.24, 2.45) is 0 Å². The molecule has 0 bridgehead atoms. The number of aryl methyl sites for hydroxylation is 2. The van der Waals surface area contributed by atoms with Crippen LogP contribution in [0, 0.1) is 12.7 Å². The summed E-state index contributed by atoms with van der Waals surface area (Å²) >= 11 is 0. The van der Waals surface area contributed by atoms with E-state index in [1.54, 1.807) is 12.1 Å². The third-order valence-corrected chi connectivity index (χ3v) is 9.38. The number of aromatic nitrogens is 2. The standard InChI is InChI=1S/C32H33FN4O2S/c1-23-10-12-25(13-11-23)32(22-39-21-24-6-3-2-4-7-24)15-17-37(18-16-32)31-35-28-14-19-40(38)29(28)30(36-31)34-27-9-5-8-26(33)20-27/h2-13,20H,14-19,21-22H2,1H3,(H,34,35,36). The molecule has 1 fully saturated rings. The minimum atomic E-state index is -1.18. The predicted molar refractivity (Wildman–Crippen MR) is 157 cm³/mol. The van der Waals surface area contributed by atoms with Crippen LogP contribution in [-0.2, 0) is 34.0 Å². The summed E-state index contributed by atoms with van der Waals surface area (Å²) in [6.45, 7) is 4.86. The van der Waals surface area contributed by atoms with Crippen LogP contribution in [0.5, 0.6) is 0 Å². The molecule has 6 rings (SSSR count). The molecular formula is C32H33FN4O2S. The van der Waals surface area contributed by atoms with Crippen molar-refractivity contribution in [3.05, 3.63) is 107 Å². The van der Waals surface area contributed by atoms with Gasteiger partial charge in [0.05, 0.1) is 29.7 Å². The van der Waals surface area contributed by atoms with Crippen molar-refractivity contribution in [2.45, 2.75) is 43.1 Å². The second kappa shape index (κ2) is 11.5. The van der Waals surface area contributed by atoms with E-state index >= 15 is 0 Å². The topological polar surface area (TPSA) is 67.3 Å². The number of ether oxygens (including phenoxy) is 1. The largest absolute Gasteiger partial charge is 0.376 e. The number of benzene rings is 3. The van der Waals surface area contributed by atoms with Crippen molar-refractivity contribution in [3.8, 4) is 0 Å². The lowest BCUT2D eigenvalue weighted by Crippen LogP contribution is -2.46. The first-order valence-electron chi connectivity index (χ1n) is 13.7. The summed E-state index contributed by atoms with van der Waals surface area (Å²) in [5.41, 5.74) is 4.97. The van der Waals surface area contributed by atoms with Crippen LogP contribution < -0.4 is 10.2 Å². The van der Waals surface area contributed by atoms with Gasteiger partial charge in [-0.2, -0.15) is 4.98 Å². The maximum atomic E-state index is 13.9. The maximum absolute atomic E-state index is 13.9. The van der Waals surface area contributed by atoms with E-state index in [4.69, 9.17) is 14.7 Å². The maximum Gasteiger partial charge on any atom is 0.227 e. The van der Waals surface area contributed by atoms with Crippen LogP contribution in [0.25, 0.3) is 0 Å². The number of piperidine rings is 1. The molecule has 8 heteroatoms. The van der Waals surface area contributed by atoms with E-state index in [1.165, 1.54) is 28.8 Å². The third kappa shape index (κ3) is 5.64. The normalized spacial score (nSPS) is 17.9. The molecule has 0 amide bonds. The minimum absolute atomic E-state index is 0.111. The highest BCUT2D eigenvalue weighted by Gasteiger charge is 2.38. The van der Waals surface area contributed by atoms with Gasteiger partial charge in [0.25, 0.3) is 0 Å². The van der Waals surface area contributed by atoms with E-state index in [1.807, 2.05) is 18.2 Å². The molecule has 0 radical (unpaired) electrons. The van der Waals surface area contributed by atoms with Gasteiger partial charge >= 0.3 is 0 Å². The van der Waals surface area contributed by atoms with E-state index in [9.17, 15) is 8.60 Å². The van der Waals surface area contributed by atoms with Gasteiger partial charge in [0, 0.05) is 36.4 Å². The van der Waals surface area contributed by atoms with Crippen molar-refractivity contribution in [1.29, 1.82) is 0 Å². The van der Waals surface area contributed by atoms with E-state index in [0.717, 1.165) is 31.6 Å². The molecular weight excluding hydrogens is 523 g/mol. The van der Waals surface area contributed by atoms with Crippen LogP contribution >= 0.6 is 0 Å². The number of nitrogens with zero attached hydrogens (tertiary/aromatic N) is 3. The highest BCUT2D eigenvalue weighted by Crippen LogP contribution is 2.39. The van der Waals surface area contributed by atoms with E-state index in [2.05, 4.69) is 53.5 Å². The fourth-order valence-corrected chi connectivity index (χ4v) is 6.92. The number of fused-ring (bicyclic) bond motifs is 1. The highest BCUT2D eigenvalue weighted by atomic mass is 32.2. The van der Waals surface area contributed by atoms with Crippen molar-refractivity contribution >= 4 is 28.3 Å². The van der Waals surface area contributed by atoms with Gasteiger partial charge in [-0.25, -0.2) is 9.37 Å². The first-order chi connectivity index (χ1) is 19.5. The van der Waals surface area contributed by atoms with E-state index < -0.39 is 10.8 Å². The Labute approximate surface area is 237 Å². The molecule has 1 N–H and O–H groups in total. The molecule has 1 saturated heterocycles. The summed E-state index contributed by atoms with van der Waals surface area (Å²) in [7, 11) is -1.18. The Bertz CT molecular complexity index is 1510. The van der Waals surface area contributed by atoms with Crippen molar-refractivity contribution in [3.63, 3.8) is 0 Å². The van der Waals surface area contributed by atoms with Crippen molar-refractivity contribution in [2.75, 3.05) is 35.7 Å². The molecule has 2 aliphatic heterocycles. The average molecular weight is 557 g/mol. The Morgan fingerprint density at radius 3 is 2.52 bits per heavy atom. The SMILES string of the molecule is Cc1ccc(C2(COCc3ccccc3)CCN(c3nc4c(c(Nc5cccc(F)c5)n3)S(=O)CC4)CC2)cc1. The summed E-state index contributed by atoms with van der Waals surface area (Å²) in [6.07, 6.45) is 2.43. The molecule has 2 aliphatic rings. The van der Waals surface area contributed by atoms with Gasteiger partial charge in [0.1, 0.15) is 10.7 Å². The first kappa shape index (κ1) is 26.6. The lowest BCUT2D eigenvalue weighted by Gasteiger charge is -2.42. The molecule has 4 aromatic rings. The Morgan fingerprint density at radius 1 is 1.00 bits per heavy atom. The van der Waals surface area contributed by atoms with Crippen LogP contribution in [0.4, 0.5) is 21.8 Å². The van der Waals surface area contributed by atoms with Crippen LogP contribution in [0.15, 0.2) is 83.8 Å². The zero-order chi connectivity index (χ0) is 27.5. The van der Waals surface area contributed by atoms with E-state index in [0.29, 0.717) is 47.7 Å². The number of hydrogen-bond donors (Lipinski definition) is 1. The Hall–Kier alpha value is -3.62. The average Bonchev–Trinajstić information content (AvgIpc) is 3.35. The summed E-state index contributed by atoms with van der Waals surface area (Å²) < 4.78 is 33.0. The second-order valence-corrected chi connectivity index (χ2v) is 12.2. The van der Waals surface area contributed by atoms with Gasteiger partial charge in [0.15, 0.2) is 5.82 Å². The molecule has 0 saturated carbocycles. The molecule has 1 aromatic heterocycles. The first-order valence-corrected chi connectivity index (χ1v) is 15.1. The van der Waals surface area contributed by atoms with Crippen LogP contribution in [0.2, 0.25) is 0 Å². The number of halogens is 1. The molecule has 3 aromatic carbocycles. The van der Waals surface area contributed by atoms with Gasteiger partial charge < -0.3 is 15.0 Å². The van der Waals surface area contributed by atoms with Gasteiger partial charge in [-0.05, 0) is 49.1 Å². The molecule has 206 valence electrons.